The van der Waals surface area contributed by atoms with Crippen LogP contribution in [-0.4, -0.2) is 164 Å². The van der Waals surface area contributed by atoms with Crippen molar-refractivity contribution >= 4 is 10.1 Å². The number of azide groups is 3. The molecule has 0 heterocycles. The van der Waals surface area contributed by atoms with Crippen molar-refractivity contribution < 1.29 is 76.4 Å². The second-order valence-corrected chi connectivity index (χ2v) is 12.9. The quantitative estimate of drug-likeness (QED) is 0.0202. The molecule has 0 fully saturated rings. The molecule has 0 amide bonds. The first-order valence-electron chi connectivity index (χ1n) is 18.5. The van der Waals surface area contributed by atoms with Gasteiger partial charge in [0.2, 0.25) is 0 Å². The molecule has 25 nitrogen and oxygen atoms in total. The Kier molecular flexibility index (Phi) is 41.8. The van der Waals surface area contributed by atoms with Crippen molar-refractivity contribution in [3.8, 4) is 11.5 Å². The summed E-state index contributed by atoms with van der Waals surface area (Å²) in [4.78, 5) is 7.73. The van der Waals surface area contributed by atoms with Crippen LogP contribution in [0.5, 0.6) is 11.5 Å². The average molecular weight is 894 g/mol. The van der Waals surface area contributed by atoms with Gasteiger partial charge in [0.15, 0.2) is 0 Å². The van der Waals surface area contributed by atoms with Gasteiger partial charge >= 0.3 is 0 Å². The van der Waals surface area contributed by atoms with E-state index in [0.717, 1.165) is 6.26 Å². The average Bonchev–Trinajstić information content (AvgIpc) is 3.25. The third-order valence-corrected chi connectivity index (χ3v) is 6.96. The van der Waals surface area contributed by atoms with Crippen LogP contribution in [0.2, 0.25) is 0 Å². The fraction of sp³-hybridized carbons (Fsp3) is 0.657. The fourth-order valence-electron chi connectivity index (χ4n) is 3.86. The number of ether oxygens (including phenoxy) is 7. The van der Waals surface area contributed by atoms with Gasteiger partial charge in [-0.05, 0) is 63.1 Å². The zero-order valence-electron chi connectivity index (χ0n) is 34.2. The van der Waals surface area contributed by atoms with Crippen LogP contribution in [0, 0.1) is 0 Å². The standard InChI is InChI=1S/C14H21N3O5.C8H10O3.C7H15N3O5S.C6H13N3O3/c15-17-16-1-2-20-3-4-21-5-6-22-14-8-12(10-18)7-13(9-14)11-19;9-4-6-1-7(5-10)3-8(11)2-6;1-16(11,12)15-7-6-14-5-4-13-3-2-9-10-8;7-9-8-1-3-11-5-6-12-4-2-10/h7-9,18-19H,1-6,10-11H2;1-3,9-11H,4-5H2;2-7H2,1H3;10H,1-6H2. The van der Waals surface area contributed by atoms with E-state index in [1.54, 1.807) is 24.3 Å². The lowest BCUT2D eigenvalue weighted by Crippen LogP contribution is -2.12. The van der Waals surface area contributed by atoms with Crippen LogP contribution < -0.4 is 4.74 Å². The molecule has 0 bridgehead atoms. The maximum absolute atomic E-state index is 10.5. The minimum absolute atomic E-state index is 0.00242. The van der Waals surface area contributed by atoms with Crippen LogP contribution in [0.4, 0.5) is 0 Å². The molecule has 0 aliphatic heterocycles. The van der Waals surface area contributed by atoms with Crippen molar-refractivity contribution in [2.24, 2.45) is 15.3 Å². The number of aromatic hydroxyl groups is 1. The first-order chi connectivity index (χ1) is 29.5. The summed E-state index contributed by atoms with van der Waals surface area (Å²) < 4.78 is 61.5. The lowest BCUT2D eigenvalue weighted by atomic mass is 10.1. The molecule has 0 aliphatic carbocycles. The Bertz CT molecular complexity index is 1590. The smallest absolute Gasteiger partial charge is 0.264 e. The topological polar surface area (TPSA) is 376 Å². The first-order valence-corrected chi connectivity index (χ1v) is 20.3. The molecule has 0 saturated carbocycles. The molecular weight excluding hydrogens is 834 g/mol. The summed E-state index contributed by atoms with van der Waals surface area (Å²) >= 11 is 0. The van der Waals surface area contributed by atoms with Crippen LogP contribution in [0.15, 0.2) is 51.7 Å². The number of phenolic OH excluding ortho intramolecular Hbond substituents is 1. The Morgan fingerprint density at radius 3 is 1.16 bits per heavy atom. The van der Waals surface area contributed by atoms with E-state index >= 15 is 0 Å². The molecule has 0 aliphatic rings. The minimum atomic E-state index is -3.39. The highest BCUT2D eigenvalue weighted by molar-refractivity contribution is 7.85. The van der Waals surface area contributed by atoms with Crippen molar-refractivity contribution in [3.63, 3.8) is 0 Å². The third kappa shape index (κ3) is 41.9. The van der Waals surface area contributed by atoms with Gasteiger partial charge in [-0.1, -0.05) is 27.5 Å². The highest BCUT2D eigenvalue weighted by atomic mass is 32.2. The van der Waals surface area contributed by atoms with Crippen molar-refractivity contribution in [1.82, 2.24) is 0 Å². The first kappa shape index (κ1) is 58.5. The molecule has 61 heavy (non-hydrogen) atoms. The number of nitrogens with zero attached hydrogens (tertiary/aromatic N) is 9. The molecule has 0 radical (unpaired) electrons. The zero-order chi connectivity index (χ0) is 45.7. The third-order valence-electron chi connectivity index (χ3n) is 6.36. The number of aliphatic hydroxyl groups is 5. The zero-order valence-corrected chi connectivity index (χ0v) is 35.0. The van der Waals surface area contributed by atoms with Gasteiger partial charge < -0.3 is 63.8 Å². The van der Waals surface area contributed by atoms with Crippen molar-refractivity contribution in [3.05, 3.63) is 90.0 Å². The number of rotatable bonds is 32. The summed E-state index contributed by atoms with van der Waals surface area (Å²) in [6, 6.07) is 9.71. The lowest BCUT2D eigenvalue weighted by molar-refractivity contribution is 0.0354. The molecule has 0 aromatic heterocycles. The van der Waals surface area contributed by atoms with Crippen molar-refractivity contribution in [1.29, 1.82) is 0 Å². The molecule has 0 saturated heterocycles. The predicted molar refractivity (Wildman–Crippen MR) is 219 cm³/mol. The Morgan fingerprint density at radius 1 is 0.492 bits per heavy atom. The number of aliphatic hydroxyl groups excluding tert-OH is 5. The molecular formula is C35H59N9O16S. The lowest BCUT2D eigenvalue weighted by Gasteiger charge is -2.10. The summed E-state index contributed by atoms with van der Waals surface area (Å²) in [5.74, 6) is 0.658. The number of hydrogen-bond acceptors (Lipinski definition) is 19. The van der Waals surface area contributed by atoms with Crippen LogP contribution in [-0.2, 0) is 69.1 Å². The summed E-state index contributed by atoms with van der Waals surface area (Å²) in [7, 11) is -3.39. The van der Waals surface area contributed by atoms with Crippen LogP contribution in [0.1, 0.15) is 22.3 Å². The van der Waals surface area contributed by atoms with E-state index in [-0.39, 0.29) is 58.5 Å². The van der Waals surface area contributed by atoms with Gasteiger partial charge in [-0.15, -0.1) is 0 Å². The minimum Gasteiger partial charge on any atom is -0.508 e. The maximum Gasteiger partial charge on any atom is 0.264 e. The molecule has 346 valence electrons. The highest BCUT2D eigenvalue weighted by Crippen LogP contribution is 2.18. The van der Waals surface area contributed by atoms with E-state index in [0.29, 0.717) is 120 Å². The van der Waals surface area contributed by atoms with Gasteiger partial charge in [-0.2, -0.15) is 8.42 Å². The number of phenols is 1. The highest BCUT2D eigenvalue weighted by Gasteiger charge is 2.03. The predicted octanol–water partition coefficient (Wildman–Crippen LogP) is 2.40. The maximum atomic E-state index is 10.5. The Hall–Kier alpha value is -4.56. The molecule has 0 unspecified atom stereocenters. The summed E-state index contributed by atoms with van der Waals surface area (Å²) in [5.41, 5.74) is 26.5. The molecule has 2 aromatic rings. The van der Waals surface area contributed by atoms with Crippen molar-refractivity contribution in [2.75, 3.05) is 125 Å². The summed E-state index contributed by atoms with van der Waals surface area (Å²) in [6.07, 6.45) is 0.978. The van der Waals surface area contributed by atoms with Crippen LogP contribution in [0.3, 0.4) is 0 Å². The van der Waals surface area contributed by atoms with Gasteiger partial charge in [-0.3, -0.25) is 4.18 Å². The molecule has 2 rings (SSSR count). The number of benzene rings is 2. The van der Waals surface area contributed by atoms with E-state index in [1.165, 1.54) is 12.1 Å². The fourth-order valence-corrected chi connectivity index (χ4v) is 4.23. The monoisotopic (exact) mass is 893 g/mol. The Balaban J connectivity index is 0. The van der Waals surface area contributed by atoms with Crippen LogP contribution >= 0.6 is 0 Å². The molecule has 0 spiro atoms. The van der Waals surface area contributed by atoms with Gasteiger partial charge in [0.1, 0.15) is 18.1 Å². The van der Waals surface area contributed by atoms with E-state index < -0.39 is 10.1 Å². The van der Waals surface area contributed by atoms with Gasteiger partial charge in [0, 0.05) is 34.4 Å². The van der Waals surface area contributed by atoms with Crippen molar-refractivity contribution in [2.45, 2.75) is 26.4 Å². The molecule has 6 N–H and O–H groups in total. The Labute approximate surface area is 354 Å². The van der Waals surface area contributed by atoms with Gasteiger partial charge in [-0.25, -0.2) is 0 Å². The largest absolute Gasteiger partial charge is 0.508 e. The molecule has 0 atom stereocenters. The van der Waals surface area contributed by atoms with E-state index in [4.69, 9.17) is 80.4 Å². The SMILES string of the molecule is CS(=O)(=O)OCCOCCOCCN=[N+]=[N-].OCc1cc(O)cc(CO)c1.[N-]=[N+]=NCCOCCOCCO.[N-]=[N+]=NCCOCCOCCOc1cc(CO)cc(CO)c1. The second-order valence-electron chi connectivity index (χ2n) is 11.3. The van der Waals surface area contributed by atoms with E-state index in [1.807, 2.05) is 0 Å². The second kappa shape index (κ2) is 43.5. The summed E-state index contributed by atoms with van der Waals surface area (Å²) in [5, 5.41) is 62.9. The van der Waals surface area contributed by atoms with Gasteiger partial charge in [0.05, 0.1) is 125 Å². The van der Waals surface area contributed by atoms with E-state index in [9.17, 15) is 8.42 Å². The van der Waals surface area contributed by atoms with E-state index in [2.05, 4.69) is 34.3 Å². The van der Waals surface area contributed by atoms with Crippen LogP contribution in [0.25, 0.3) is 31.3 Å². The van der Waals surface area contributed by atoms with Gasteiger partial charge in [0.25, 0.3) is 10.1 Å². The summed E-state index contributed by atoms with van der Waals surface area (Å²) in [6.45, 7) is 5.39. The number of hydrogen-bond donors (Lipinski definition) is 6. The molecule has 2 aromatic carbocycles. The normalized spacial score (nSPS) is 10.3. The Morgan fingerprint density at radius 2 is 0.820 bits per heavy atom. The molecule has 26 heteroatoms.